The third-order valence-electron chi connectivity index (χ3n) is 9.26. The molecular formula is C38H40ClN9O4S. The summed E-state index contributed by atoms with van der Waals surface area (Å²) < 4.78 is 0. The Morgan fingerprint density at radius 2 is 1.81 bits per heavy atom. The van der Waals surface area contributed by atoms with Gasteiger partial charge in [-0.25, -0.2) is 4.98 Å². The lowest BCUT2D eigenvalue weighted by atomic mass is 10.00. The standard InChI is InChI=1S/C38H40ClN9O4S/c1-48-32(16-24-20-44-29-9-3-2-8-26(24)29)36(51)46-21-27-25(22-6-4-14-42-18-22)10-11-28(39)34(27)53-37-23(7-5-15-43-37)19-45-30(12-13-33(41)49)35(50)47-31(17-40)38(48)52/h2-11,14-15,18,20,30-32,44-45H,12-13,16-17,19,21,40H2,1H3,(H2,41,49)(H,46,51)(H,47,50)/t30-,31-,32-/m0/s1. The van der Waals surface area contributed by atoms with Crippen molar-refractivity contribution in [2.24, 2.45) is 11.5 Å². The van der Waals surface area contributed by atoms with Crippen LogP contribution in [0.15, 0.2) is 95.4 Å². The summed E-state index contributed by atoms with van der Waals surface area (Å²) in [6.45, 7) is 0.0144. The van der Waals surface area contributed by atoms with Crippen molar-refractivity contribution >= 4 is 57.9 Å². The van der Waals surface area contributed by atoms with E-state index in [4.69, 9.17) is 23.1 Å². The van der Waals surface area contributed by atoms with E-state index in [-0.39, 0.29) is 38.9 Å². The third kappa shape index (κ3) is 8.69. The van der Waals surface area contributed by atoms with E-state index >= 15 is 0 Å². The quantitative estimate of drug-likeness (QED) is 0.144. The molecule has 5 aromatic rings. The van der Waals surface area contributed by atoms with E-state index < -0.39 is 41.8 Å². The van der Waals surface area contributed by atoms with Crippen molar-refractivity contribution in [2.45, 2.75) is 60.4 Å². The molecule has 53 heavy (non-hydrogen) atoms. The highest BCUT2D eigenvalue weighted by Crippen LogP contribution is 2.41. The molecule has 3 aromatic heterocycles. The van der Waals surface area contributed by atoms with Crippen LogP contribution in [-0.2, 0) is 38.7 Å². The first-order chi connectivity index (χ1) is 25.6. The van der Waals surface area contributed by atoms with Gasteiger partial charge in [0.25, 0.3) is 0 Å². The number of nitrogens with zero attached hydrogens (tertiary/aromatic N) is 3. The molecule has 2 aromatic carbocycles. The first kappa shape index (κ1) is 37.5. The van der Waals surface area contributed by atoms with Crippen LogP contribution in [0.5, 0.6) is 0 Å². The van der Waals surface area contributed by atoms with Crippen molar-refractivity contribution in [1.29, 1.82) is 0 Å². The summed E-state index contributed by atoms with van der Waals surface area (Å²) >= 11 is 8.27. The number of hydrogen-bond acceptors (Lipinski definition) is 9. The Hall–Kier alpha value is -5.28. The highest BCUT2D eigenvalue weighted by atomic mass is 35.5. The molecule has 0 bridgehead atoms. The molecule has 13 nitrogen and oxygen atoms in total. The monoisotopic (exact) mass is 753 g/mol. The average molecular weight is 754 g/mol. The Morgan fingerprint density at radius 1 is 1.00 bits per heavy atom. The fraction of sp³-hybridized carbons (Fsp3) is 0.263. The number of benzene rings is 2. The molecule has 1 aliphatic rings. The minimum atomic E-state index is -1.17. The van der Waals surface area contributed by atoms with Crippen LogP contribution >= 0.6 is 23.4 Å². The summed E-state index contributed by atoms with van der Waals surface area (Å²) in [5.41, 5.74) is 16.4. The van der Waals surface area contributed by atoms with Gasteiger partial charge in [0.15, 0.2) is 0 Å². The SMILES string of the molecule is CN1C(=O)[C@H](CN)NC(=O)[C@H](CCC(N)=O)NCc2cccnc2Sc2c(Cl)ccc(-c3cccnc3)c2CNC(=O)[C@@H]1Cc1c[nH]c2ccccc12. The van der Waals surface area contributed by atoms with Gasteiger partial charge in [-0.3, -0.25) is 24.2 Å². The summed E-state index contributed by atoms with van der Waals surface area (Å²) in [6, 6.07) is 15.7. The van der Waals surface area contributed by atoms with Gasteiger partial charge < -0.3 is 37.3 Å². The van der Waals surface area contributed by atoms with Crippen molar-refractivity contribution in [2.75, 3.05) is 13.6 Å². The number of hydrogen-bond donors (Lipinski definition) is 6. The minimum absolute atomic E-state index is 0.0605. The smallest absolute Gasteiger partial charge is 0.246 e. The number of nitrogens with one attached hydrogen (secondary N) is 4. The van der Waals surface area contributed by atoms with Crippen LogP contribution < -0.4 is 27.4 Å². The maximum absolute atomic E-state index is 14.4. The Bertz CT molecular complexity index is 2130. The van der Waals surface area contributed by atoms with Crippen LogP contribution in [0.2, 0.25) is 5.02 Å². The minimum Gasteiger partial charge on any atom is -0.370 e. The van der Waals surface area contributed by atoms with Crippen LogP contribution in [0.3, 0.4) is 0 Å². The normalized spacial score (nSPS) is 18.8. The van der Waals surface area contributed by atoms with E-state index in [0.717, 1.165) is 38.7 Å². The van der Waals surface area contributed by atoms with Gasteiger partial charge >= 0.3 is 0 Å². The summed E-state index contributed by atoms with van der Waals surface area (Å²) in [4.78, 5) is 68.4. The lowest BCUT2D eigenvalue weighted by Gasteiger charge is -2.31. The largest absolute Gasteiger partial charge is 0.370 e. The second-order valence-corrected chi connectivity index (χ2v) is 14.1. The number of halogens is 1. The molecule has 0 fully saturated rings. The number of rotatable bonds is 7. The van der Waals surface area contributed by atoms with Gasteiger partial charge in [0.1, 0.15) is 17.1 Å². The molecule has 4 amide bonds. The number of primary amides is 1. The Morgan fingerprint density at radius 3 is 2.58 bits per heavy atom. The highest BCUT2D eigenvalue weighted by Gasteiger charge is 2.34. The van der Waals surface area contributed by atoms with E-state index in [1.807, 2.05) is 54.7 Å². The van der Waals surface area contributed by atoms with Gasteiger partial charge in [0, 0.05) is 85.7 Å². The topological polar surface area (TPSA) is 201 Å². The zero-order valence-electron chi connectivity index (χ0n) is 29.0. The molecule has 1 aliphatic heterocycles. The number of carbonyl (C=O) groups is 4. The number of para-hydroxylation sites is 1. The van der Waals surface area contributed by atoms with E-state index in [1.54, 1.807) is 30.7 Å². The van der Waals surface area contributed by atoms with E-state index in [1.165, 1.54) is 23.7 Å². The highest BCUT2D eigenvalue weighted by molar-refractivity contribution is 7.99. The van der Waals surface area contributed by atoms with Crippen LogP contribution in [0.4, 0.5) is 0 Å². The number of amides is 4. The van der Waals surface area contributed by atoms with Crippen molar-refractivity contribution in [3.63, 3.8) is 0 Å². The van der Waals surface area contributed by atoms with Crippen LogP contribution in [0, 0.1) is 0 Å². The Balaban J connectivity index is 1.46. The van der Waals surface area contributed by atoms with E-state index in [2.05, 4.69) is 30.9 Å². The molecule has 4 heterocycles. The number of H-pyrrole nitrogens is 1. The number of aromatic amines is 1. The number of aromatic nitrogens is 3. The lowest BCUT2D eigenvalue weighted by Crippen LogP contribution is -2.59. The molecule has 0 aliphatic carbocycles. The number of pyridine rings is 2. The van der Waals surface area contributed by atoms with Gasteiger partial charge in [-0.1, -0.05) is 59.8 Å². The summed E-state index contributed by atoms with van der Waals surface area (Å²) in [6.07, 6.45) is 7.07. The van der Waals surface area contributed by atoms with E-state index in [9.17, 15) is 19.2 Å². The molecule has 0 saturated carbocycles. The predicted octanol–water partition coefficient (Wildman–Crippen LogP) is 3.30. The van der Waals surface area contributed by atoms with Gasteiger partial charge in [0.2, 0.25) is 23.6 Å². The fourth-order valence-electron chi connectivity index (χ4n) is 6.37. The molecule has 15 heteroatoms. The molecule has 8 N–H and O–H groups in total. The van der Waals surface area contributed by atoms with E-state index in [0.29, 0.717) is 14.9 Å². The maximum atomic E-state index is 14.4. The summed E-state index contributed by atoms with van der Waals surface area (Å²) in [5.74, 6) is -2.10. The fourth-order valence-corrected chi connectivity index (χ4v) is 7.71. The number of likely N-dealkylation sites (N-methyl/N-ethyl adjacent to an activating group) is 1. The van der Waals surface area contributed by atoms with Crippen molar-refractivity contribution in [1.82, 2.24) is 35.8 Å². The molecule has 3 atom stereocenters. The number of carbonyl (C=O) groups excluding carboxylic acids is 4. The van der Waals surface area contributed by atoms with Gasteiger partial charge in [0.05, 0.1) is 11.1 Å². The Labute approximate surface area is 315 Å². The molecule has 0 unspecified atom stereocenters. The van der Waals surface area contributed by atoms with Crippen LogP contribution in [0.1, 0.15) is 29.5 Å². The third-order valence-corrected chi connectivity index (χ3v) is 10.9. The van der Waals surface area contributed by atoms with Gasteiger partial charge in [-0.05, 0) is 52.9 Å². The predicted molar refractivity (Wildman–Crippen MR) is 203 cm³/mol. The average Bonchev–Trinajstić information content (AvgIpc) is 3.58. The molecule has 0 saturated heterocycles. The molecule has 274 valence electrons. The summed E-state index contributed by atoms with van der Waals surface area (Å²) in [7, 11) is 1.53. The Kier molecular flexibility index (Phi) is 12.0. The number of nitrogens with two attached hydrogens (primary N) is 2. The van der Waals surface area contributed by atoms with Gasteiger partial charge in [-0.15, -0.1) is 0 Å². The molecule has 0 spiro atoms. The molecule has 6 rings (SSSR count). The molecule has 0 radical (unpaired) electrons. The van der Waals surface area contributed by atoms with Crippen molar-refractivity contribution in [3.8, 4) is 11.1 Å². The zero-order valence-corrected chi connectivity index (χ0v) is 30.5. The maximum Gasteiger partial charge on any atom is 0.246 e. The number of fused-ring (bicyclic) bond motifs is 3. The summed E-state index contributed by atoms with van der Waals surface area (Å²) in [5, 5.41) is 11.1. The molecular weight excluding hydrogens is 714 g/mol. The van der Waals surface area contributed by atoms with Crippen LogP contribution in [0.25, 0.3) is 22.0 Å². The first-order valence-corrected chi connectivity index (χ1v) is 18.3. The lowest BCUT2D eigenvalue weighted by molar-refractivity contribution is -0.141. The van der Waals surface area contributed by atoms with Gasteiger partial charge in [-0.2, -0.15) is 0 Å². The first-order valence-electron chi connectivity index (χ1n) is 17.1. The zero-order chi connectivity index (χ0) is 37.5. The second kappa shape index (κ2) is 17.0. The van der Waals surface area contributed by atoms with Crippen molar-refractivity contribution in [3.05, 3.63) is 107 Å². The second-order valence-electron chi connectivity index (χ2n) is 12.7. The van der Waals surface area contributed by atoms with Crippen molar-refractivity contribution < 1.29 is 19.2 Å². The van der Waals surface area contributed by atoms with Crippen LogP contribution in [-0.4, -0.2) is 75.2 Å².